The average molecular weight is 655 g/mol. The topological polar surface area (TPSA) is 7.60 Å². The monoisotopic (exact) mass is 654 g/mol. The highest BCUT2D eigenvalue weighted by atomic mass is 28.3. The summed E-state index contributed by atoms with van der Waals surface area (Å²) in [6, 6.07) is 74.0. The Morgan fingerprint density at radius 2 is 0.800 bits per heavy atom. The minimum atomic E-state index is -2.58. The molecule has 0 spiro atoms. The minimum Gasteiger partial charge on any atom is -0.310 e. The Morgan fingerprint density at radius 1 is 0.380 bits per heavy atom. The third kappa shape index (κ3) is 5.58. The molecule has 0 bridgehead atoms. The van der Waals surface area contributed by atoms with E-state index >= 15 is 0 Å². The molecular formula is C47H34N2Si. The predicted octanol–water partition coefficient (Wildman–Crippen LogP) is 9.90. The summed E-state index contributed by atoms with van der Waals surface area (Å²) < 4.78 is 0. The maximum Gasteiger partial charge on any atom is 0.187 e. The van der Waals surface area contributed by atoms with Gasteiger partial charge in [0.05, 0.1) is 12.3 Å². The van der Waals surface area contributed by atoms with E-state index in [0.29, 0.717) is 5.69 Å². The van der Waals surface area contributed by atoms with E-state index in [9.17, 15) is 0 Å². The lowest BCUT2D eigenvalue weighted by molar-refractivity contribution is 1.30. The van der Waals surface area contributed by atoms with Gasteiger partial charge in [-0.25, -0.2) is 4.85 Å². The van der Waals surface area contributed by atoms with Gasteiger partial charge in [-0.1, -0.05) is 176 Å². The maximum atomic E-state index is 7.46. The van der Waals surface area contributed by atoms with E-state index in [4.69, 9.17) is 6.57 Å². The average Bonchev–Trinajstić information content (AvgIpc) is 3.20. The summed E-state index contributed by atoms with van der Waals surface area (Å²) in [7, 11) is -2.58. The van der Waals surface area contributed by atoms with Crippen molar-refractivity contribution in [3.05, 3.63) is 218 Å². The molecule has 0 aliphatic rings. The van der Waals surface area contributed by atoms with Gasteiger partial charge in [0.2, 0.25) is 0 Å². The number of nitrogens with zero attached hydrogens (tertiary/aromatic N) is 2. The third-order valence-corrected chi connectivity index (χ3v) is 14.4. The Hall–Kier alpha value is -6.47. The van der Waals surface area contributed by atoms with Crippen molar-refractivity contribution in [3.8, 4) is 11.1 Å². The highest BCUT2D eigenvalue weighted by Crippen LogP contribution is 2.40. The summed E-state index contributed by atoms with van der Waals surface area (Å²) in [5.41, 5.74) is 6.13. The lowest BCUT2D eigenvalue weighted by Gasteiger charge is -2.34. The van der Waals surface area contributed by atoms with Crippen LogP contribution in [-0.2, 0) is 0 Å². The molecule has 2 nitrogen and oxygen atoms in total. The second kappa shape index (κ2) is 13.6. The largest absolute Gasteiger partial charge is 0.310 e. The zero-order chi connectivity index (χ0) is 33.8. The molecule has 0 radical (unpaired) electrons. The Labute approximate surface area is 295 Å². The van der Waals surface area contributed by atoms with Gasteiger partial charge in [-0.3, -0.25) is 0 Å². The van der Waals surface area contributed by atoms with E-state index in [0.717, 1.165) is 22.6 Å². The number of anilines is 3. The van der Waals surface area contributed by atoms with Crippen LogP contribution in [0.3, 0.4) is 0 Å². The van der Waals surface area contributed by atoms with Crippen molar-refractivity contribution >= 4 is 62.3 Å². The first-order chi connectivity index (χ1) is 24.8. The van der Waals surface area contributed by atoms with Gasteiger partial charge in [0, 0.05) is 16.8 Å². The lowest BCUT2D eigenvalue weighted by Crippen LogP contribution is -2.74. The van der Waals surface area contributed by atoms with Crippen molar-refractivity contribution in [2.24, 2.45) is 0 Å². The normalized spacial score (nSPS) is 11.2. The SMILES string of the molecule is [C-]#[N+]c1ccc(N(c2ccc(-c3ccc([Si](c4ccccc4)(c4ccccc4)c4ccccc4)cc3)cc2)c2cccc3ccccc23)cc1. The summed E-state index contributed by atoms with van der Waals surface area (Å²) in [6.07, 6.45) is 0. The number of benzene rings is 8. The van der Waals surface area contributed by atoms with Gasteiger partial charge < -0.3 is 4.90 Å². The number of hydrogen-bond acceptors (Lipinski definition) is 1. The van der Waals surface area contributed by atoms with Gasteiger partial charge >= 0.3 is 0 Å². The Kier molecular flexibility index (Phi) is 8.37. The van der Waals surface area contributed by atoms with Crippen LogP contribution in [0.25, 0.3) is 26.7 Å². The van der Waals surface area contributed by atoms with Crippen LogP contribution in [0.4, 0.5) is 22.7 Å². The smallest absolute Gasteiger partial charge is 0.187 e. The third-order valence-electron chi connectivity index (χ3n) is 9.64. The van der Waals surface area contributed by atoms with Crippen molar-refractivity contribution < 1.29 is 0 Å². The molecular weight excluding hydrogens is 621 g/mol. The molecule has 8 rings (SSSR count). The lowest BCUT2D eigenvalue weighted by atomic mass is 10.0. The van der Waals surface area contributed by atoms with Crippen molar-refractivity contribution in [1.82, 2.24) is 0 Å². The summed E-state index contributed by atoms with van der Waals surface area (Å²) in [6.45, 7) is 7.46. The molecule has 0 aliphatic carbocycles. The second-order valence-electron chi connectivity index (χ2n) is 12.4. The molecule has 8 aromatic rings. The van der Waals surface area contributed by atoms with Gasteiger partial charge in [0.25, 0.3) is 0 Å². The zero-order valence-electron chi connectivity index (χ0n) is 27.5. The van der Waals surface area contributed by atoms with Crippen molar-refractivity contribution in [3.63, 3.8) is 0 Å². The van der Waals surface area contributed by atoms with E-state index in [-0.39, 0.29) is 0 Å². The highest BCUT2D eigenvalue weighted by Gasteiger charge is 2.41. The van der Waals surface area contributed by atoms with Crippen LogP contribution in [0.2, 0.25) is 0 Å². The molecule has 236 valence electrons. The summed E-state index contributed by atoms with van der Waals surface area (Å²) >= 11 is 0. The minimum absolute atomic E-state index is 0.629. The summed E-state index contributed by atoms with van der Waals surface area (Å²) in [4.78, 5) is 5.90. The standard InChI is InChI=1S/C47H34N2Si/c1-48-39-28-32-41(33-29-39)49(47-23-13-15-38-14-11-12-22-46(38)47)40-30-24-36(25-31-40)37-26-34-45(35-27-37)50(42-16-5-2-6-17-42,43-18-7-3-8-19-43)44-20-9-4-10-21-44/h2-35H. The first kappa shape index (κ1) is 30.8. The van der Waals surface area contributed by atoms with E-state index in [2.05, 4.69) is 192 Å². The van der Waals surface area contributed by atoms with E-state index < -0.39 is 8.07 Å². The van der Waals surface area contributed by atoms with Crippen LogP contribution in [0.15, 0.2) is 206 Å². The molecule has 0 saturated carbocycles. The summed E-state index contributed by atoms with van der Waals surface area (Å²) in [5, 5.41) is 7.82. The molecule has 0 aliphatic heterocycles. The molecule has 50 heavy (non-hydrogen) atoms. The van der Waals surface area contributed by atoms with Gasteiger partial charge in [0.1, 0.15) is 0 Å². The number of rotatable bonds is 8. The fourth-order valence-electron chi connectivity index (χ4n) is 7.29. The maximum absolute atomic E-state index is 7.46. The first-order valence-corrected chi connectivity index (χ1v) is 18.9. The van der Waals surface area contributed by atoms with E-state index in [1.807, 2.05) is 24.3 Å². The van der Waals surface area contributed by atoms with Crippen molar-refractivity contribution in [2.75, 3.05) is 4.90 Å². The van der Waals surface area contributed by atoms with Crippen LogP contribution < -0.4 is 25.6 Å². The van der Waals surface area contributed by atoms with Crippen molar-refractivity contribution in [1.29, 1.82) is 0 Å². The van der Waals surface area contributed by atoms with Crippen LogP contribution in [0, 0.1) is 6.57 Å². The second-order valence-corrected chi connectivity index (χ2v) is 16.2. The van der Waals surface area contributed by atoms with Gasteiger partial charge in [-0.2, -0.15) is 0 Å². The zero-order valence-corrected chi connectivity index (χ0v) is 28.5. The molecule has 0 heterocycles. The Balaban J connectivity index is 1.21. The fraction of sp³-hybridized carbons (Fsp3) is 0. The van der Waals surface area contributed by atoms with Gasteiger partial charge in [-0.15, -0.1) is 0 Å². The van der Waals surface area contributed by atoms with E-state index in [1.165, 1.54) is 37.1 Å². The predicted molar refractivity (Wildman–Crippen MR) is 214 cm³/mol. The molecule has 0 aromatic heterocycles. The number of fused-ring (bicyclic) bond motifs is 1. The molecule has 8 aromatic carbocycles. The molecule has 0 unspecified atom stereocenters. The van der Waals surface area contributed by atoms with Crippen LogP contribution in [0.1, 0.15) is 0 Å². The molecule has 0 amide bonds. The molecule has 3 heteroatoms. The van der Waals surface area contributed by atoms with Gasteiger partial charge in [0.15, 0.2) is 13.8 Å². The highest BCUT2D eigenvalue weighted by molar-refractivity contribution is 7.19. The van der Waals surface area contributed by atoms with Crippen LogP contribution >= 0.6 is 0 Å². The molecule has 0 atom stereocenters. The van der Waals surface area contributed by atoms with Crippen LogP contribution in [-0.4, -0.2) is 8.07 Å². The fourth-order valence-corrected chi connectivity index (χ4v) is 12.0. The van der Waals surface area contributed by atoms with E-state index in [1.54, 1.807) is 0 Å². The quantitative estimate of drug-likeness (QED) is 0.0899. The molecule has 0 N–H and O–H groups in total. The van der Waals surface area contributed by atoms with Gasteiger partial charge in [-0.05, 0) is 67.6 Å². The first-order valence-electron chi connectivity index (χ1n) is 16.9. The number of hydrogen-bond donors (Lipinski definition) is 0. The Morgan fingerprint density at radius 3 is 1.32 bits per heavy atom. The summed E-state index contributed by atoms with van der Waals surface area (Å²) in [5.74, 6) is 0. The Bertz CT molecular complexity index is 2300. The van der Waals surface area contributed by atoms with Crippen molar-refractivity contribution in [2.45, 2.75) is 0 Å². The molecule has 0 fully saturated rings. The van der Waals surface area contributed by atoms with Crippen LogP contribution in [0.5, 0.6) is 0 Å². The molecule has 0 saturated heterocycles.